The third-order valence-electron chi connectivity index (χ3n) is 5.36. The van der Waals surface area contributed by atoms with E-state index in [1.807, 2.05) is 25.8 Å². The number of hydrogen-bond donors (Lipinski definition) is 2. The summed E-state index contributed by atoms with van der Waals surface area (Å²) >= 11 is 0. The number of nitrogens with one attached hydrogen (secondary N) is 2. The summed E-state index contributed by atoms with van der Waals surface area (Å²) in [6.45, 7) is 12.5. The Bertz CT molecular complexity index is 443. The Morgan fingerprint density at radius 3 is 2.52 bits per heavy atom. The van der Waals surface area contributed by atoms with Gasteiger partial charge in [0.25, 0.3) is 0 Å². The van der Waals surface area contributed by atoms with Crippen molar-refractivity contribution < 1.29 is 4.79 Å². The van der Waals surface area contributed by atoms with E-state index in [0.29, 0.717) is 6.04 Å². The SMILES string of the molecule is CCCN1CCC(CNC(=NC)NC2CCN(C(=O)C(C)C)C2)CC1. The number of hydrogen-bond acceptors (Lipinski definition) is 3. The van der Waals surface area contributed by atoms with Gasteiger partial charge in [-0.3, -0.25) is 9.79 Å². The summed E-state index contributed by atoms with van der Waals surface area (Å²) in [5.74, 6) is 1.94. The number of carbonyl (C=O) groups excluding carboxylic acids is 1. The summed E-state index contributed by atoms with van der Waals surface area (Å²) in [6, 6.07) is 0.306. The topological polar surface area (TPSA) is 60.0 Å². The zero-order valence-corrected chi connectivity index (χ0v) is 16.6. The van der Waals surface area contributed by atoms with Gasteiger partial charge in [-0.2, -0.15) is 0 Å². The Morgan fingerprint density at radius 2 is 1.92 bits per heavy atom. The highest BCUT2D eigenvalue weighted by Gasteiger charge is 2.28. The summed E-state index contributed by atoms with van der Waals surface area (Å²) in [5.41, 5.74) is 0. The number of carbonyl (C=O) groups is 1. The Hall–Kier alpha value is -1.30. The van der Waals surface area contributed by atoms with E-state index in [-0.39, 0.29) is 11.8 Å². The van der Waals surface area contributed by atoms with Gasteiger partial charge in [0, 0.05) is 38.6 Å². The molecule has 0 aromatic rings. The first-order valence-electron chi connectivity index (χ1n) is 10.0. The highest BCUT2D eigenvalue weighted by atomic mass is 16.2. The van der Waals surface area contributed by atoms with Gasteiger partial charge in [0.15, 0.2) is 5.96 Å². The number of piperidine rings is 1. The van der Waals surface area contributed by atoms with E-state index in [2.05, 4.69) is 27.4 Å². The second-order valence-corrected chi connectivity index (χ2v) is 7.81. The van der Waals surface area contributed by atoms with Gasteiger partial charge < -0.3 is 20.4 Å². The monoisotopic (exact) mass is 351 g/mol. The number of nitrogens with zero attached hydrogens (tertiary/aromatic N) is 3. The maximum absolute atomic E-state index is 12.1. The van der Waals surface area contributed by atoms with Crippen LogP contribution in [0.15, 0.2) is 4.99 Å². The average Bonchev–Trinajstić information content (AvgIpc) is 3.07. The number of amides is 1. The lowest BCUT2D eigenvalue weighted by molar-refractivity contribution is -0.133. The van der Waals surface area contributed by atoms with Crippen molar-refractivity contribution in [2.75, 3.05) is 46.3 Å². The van der Waals surface area contributed by atoms with Gasteiger partial charge in [-0.1, -0.05) is 20.8 Å². The molecular formula is C19H37N5O. The van der Waals surface area contributed by atoms with Crippen LogP contribution < -0.4 is 10.6 Å². The molecule has 0 spiro atoms. The lowest BCUT2D eigenvalue weighted by Gasteiger charge is -2.32. The predicted molar refractivity (Wildman–Crippen MR) is 104 cm³/mol. The Labute approximate surface area is 153 Å². The summed E-state index contributed by atoms with van der Waals surface area (Å²) in [5, 5.41) is 6.99. The average molecular weight is 352 g/mol. The molecule has 6 nitrogen and oxygen atoms in total. The highest BCUT2D eigenvalue weighted by Crippen LogP contribution is 2.16. The molecule has 0 aliphatic carbocycles. The molecule has 2 aliphatic rings. The molecule has 1 amide bonds. The third-order valence-corrected chi connectivity index (χ3v) is 5.36. The number of aliphatic imine (C=N–C) groups is 1. The quantitative estimate of drug-likeness (QED) is 0.563. The molecule has 0 radical (unpaired) electrons. The van der Waals surface area contributed by atoms with Crippen LogP contribution in [0.4, 0.5) is 0 Å². The maximum Gasteiger partial charge on any atom is 0.225 e. The van der Waals surface area contributed by atoms with Gasteiger partial charge in [-0.15, -0.1) is 0 Å². The minimum absolute atomic E-state index is 0.0785. The smallest absolute Gasteiger partial charge is 0.225 e. The van der Waals surface area contributed by atoms with Crippen LogP contribution in [0.25, 0.3) is 0 Å². The maximum atomic E-state index is 12.1. The molecule has 0 saturated carbocycles. The van der Waals surface area contributed by atoms with Crippen LogP contribution in [0.3, 0.4) is 0 Å². The Kier molecular flexibility index (Phi) is 8.00. The van der Waals surface area contributed by atoms with Gasteiger partial charge in [-0.05, 0) is 51.2 Å². The van der Waals surface area contributed by atoms with Gasteiger partial charge >= 0.3 is 0 Å². The normalized spacial score (nSPS) is 23.3. The molecule has 1 atom stereocenters. The molecule has 144 valence electrons. The fraction of sp³-hybridized carbons (Fsp3) is 0.895. The van der Waals surface area contributed by atoms with Crippen molar-refractivity contribution in [1.82, 2.24) is 20.4 Å². The molecular weight excluding hydrogens is 314 g/mol. The lowest BCUT2D eigenvalue weighted by atomic mass is 9.97. The van der Waals surface area contributed by atoms with Crippen molar-refractivity contribution in [3.63, 3.8) is 0 Å². The van der Waals surface area contributed by atoms with E-state index in [1.165, 1.54) is 38.9 Å². The summed E-state index contributed by atoms with van der Waals surface area (Å²) < 4.78 is 0. The summed E-state index contributed by atoms with van der Waals surface area (Å²) in [4.78, 5) is 21.0. The fourth-order valence-corrected chi connectivity index (χ4v) is 3.80. The molecule has 6 heteroatoms. The van der Waals surface area contributed by atoms with Crippen molar-refractivity contribution in [3.8, 4) is 0 Å². The summed E-state index contributed by atoms with van der Waals surface area (Å²) in [6.07, 6.45) is 4.78. The van der Waals surface area contributed by atoms with E-state index < -0.39 is 0 Å². The van der Waals surface area contributed by atoms with Crippen LogP contribution in [0.2, 0.25) is 0 Å². The van der Waals surface area contributed by atoms with Crippen LogP contribution in [0.1, 0.15) is 46.5 Å². The first kappa shape index (κ1) is 20.0. The largest absolute Gasteiger partial charge is 0.356 e. The first-order chi connectivity index (χ1) is 12.0. The predicted octanol–water partition coefficient (Wildman–Crippen LogP) is 1.53. The number of rotatable bonds is 6. The number of guanidine groups is 1. The van der Waals surface area contributed by atoms with Crippen molar-refractivity contribution in [2.24, 2.45) is 16.8 Å². The van der Waals surface area contributed by atoms with Crippen LogP contribution in [-0.2, 0) is 4.79 Å². The molecule has 0 aromatic carbocycles. The van der Waals surface area contributed by atoms with Crippen molar-refractivity contribution in [3.05, 3.63) is 0 Å². The van der Waals surface area contributed by atoms with Gasteiger partial charge in [0.1, 0.15) is 0 Å². The molecule has 25 heavy (non-hydrogen) atoms. The molecule has 2 rings (SSSR count). The molecule has 0 bridgehead atoms. The van der Waals surface area contributed by atoms with Crippen molar-refractivity contribution in [1.29, 1.82) is 0 Å². The van der Waals surface area contributed by atoms with Crippen LogP contribution >= 0.6 is 0 Å². The molecule has 2 N–H and O–H groups in total. The van der Waals surface area contributed by atoms with Gasteiger partial charge in [-0.25, -0.2) is 0 Å². The zero-order valence-electron chi connectivity index (χ0n) is 16.6. The first-order valence-corrected chi connectivity index (χ1v) is 10.0. The molecule has 2 aliphatic heterocycles. The lowest BCUT2D eigenvalue weighted by Crippen LogP contribution is -2.47. The fourth-order valence-electron chi connectivity index (χ4n) is 3.80. The molecule has 1 unspecified atom stereocenters. The van der Waals surface area contributed by atoms with E-state index in [1.54, 1.807) is 0 Å². The van der Waals surface area contributed by atoms with E-state index in [4.69, 9.17) is 0 Å². The van der Waals surface area contributed by atoms with Crippen LogP contribution in [-0.4, -0.2) is 74.0 Å². The molecule has 2 fully saturated rings. The molecule has 0 aromatic heterocycles. The zero-order chi connectivity index (χ0) is 18.2. The second kappa shape index (κ2) is 10.00. The minimum atomic E-state index is 0.0785. The van der Waals surface area contributed by atoms with Crippen LogP contribution in [0.5, 0.6) is 0 Å². The van der Waals surface area contributed by atoms with Crippen molar-refractivity contribution >= 4 is 11.9 Å². The minimum Gasteiger partial charge on any atom is -0.356 e. The van der Waals surface area contributed by atoms with E-state index in [9.17, 15) is 4.79 Å². The van der Waals surface area contributed by atoms with Gasteiger partial charge in [0.05, 0.1) is 0 Å². The van der Waals surface area contributed by atoms with Crippen LogP contribution in [0, 0.1) is 11.8 Å². The Balaban J connectivity index is 1.69. The Morgan fingerprint density at radius 1 is 1.20 bits per heavy atom. The summed E-state index contributed by atoms with van der Waals surface area (Å²) in [7, 11) is 1.82. The van der Waals surface area contributed by atoms with E-state index >= 15 is 0 Å². The highest BCUT2D eigenvalue weighted by molar-refractivity contribution is 5.81. The molecule has 2 saturated heterocycles. The van der Waals surface area contributed by atoms with Crippen molar-refractivity contribution in [2.45, 2.75) is 52.5 Å². The van der Waals surface area contributed by atoms with Gasteiger partial charge in [0.2, 0.25) is 5.91 Å². The number of likely N-dealkylation sites (tertiary alicyclic amines) is 2. The second-order valence-electron chi connectivity index (χ2n) is 7.81. The van der Waals surface area contributed by atoms with E-state index in [0.717, 1.165) is 37.9 Å². The third kappa shape index (κ3) is 6.17. The standard InChI is InChI=1S/C19H37N5O/c1-5-9-23-10-6-16(7-11-23)13-21-19(20-4)22-17-8-12-24(14-17)18(25)15(2)3/h15-17H,5-14H2,1-4H3,(H2,20,21,22). The molecule has 2 heterocycles.